The number of fused-ring (bicyclic) bond motifs is 3. The number of hydrogen-bond donors (Lipinski definition) is 2. The third-order valence-electron chi connectivity index (χ3n) is 6.62. The largest absolute Gasteiger partial charge is 0.507 e. The first-order valence-corrected chi connectivity index (χ1v) is 10.8. The van der Waals surface area contributed by atoms with E-state index >= 15 is 0 Å². The molecular formula is C22H22F4N6O2. The van der Waals surface area contributed by atoms with E-state index in [2.05, 4.69) is 20.3 Å². The Balaban J connectivity index is 1.42. The predicted octanol–water partition coefficient (Wildman–Crippen LogP) is 2.79. The Morgan fingerprint density at radius 1 is 1.21 bits per heavy atom. The highest BCUT2D eigenvalue weighted by atomic mass is 19.4. The van der Waals surface area contributed by atoms with E-state index < -0.39 is 24.5 Å². The van der Waals surface area contributed by atoms with Crippen molar-refractivity contribution in [2.75, 3.05) is 11.9 Å². The lowest BCUT2D eigenvalue weighted by molar-refractivity contribution is -0.141. The maximum Gasteiger partial charge on any atom is 0.406 e. The molecule has 2 aliphatic heterocycles. The number of hydrogen-bond acceptors (Lipinski definition) is 7. The van der Waals surface area contributed by atoms with Crippen LogP contribution in [0.4, 0.5) is 23.4 Å². The van der Waals surface area contributed by atoms with Crippen molar-refractivity contribution in [3.8, 4) is 17.0 Å². The molecule has 12 heteroatoms. The zero-order chi connectivity index (χ0) is 24.2. The van der Waals surface area contributed by atoms with E-state index in [1.165, 1.54) is 18.5 Å². The van der Waals surface area contributed by atoms with Crippen molar-refractivity contribution in [2.45, 2.75) is 56.3 Å². The highest BCUT2D eigenvalue weighted by Gasteiger charge is 2.43. The Morgan fingerprint density at radius 2 is 2.00 bits per heavy atom. The lowest BCUT2D eigenvalue weighted by Gasteiger charge is -2.38. The average Bonchev–Trinajstić information content (AvgIpc) is 3.20. The van der Waals surface area contributed by atoms with Crippen molar-refractivity contribution < 1.29 is 22.7 Å². The molecule has 2 aromatic heterocycles. The molecule has 180 valence electrons. The van der Waals surface area contributed by atoms with E-state index in [1.807, 2.05) is 0 Å². The number of phenols is 1. The lowest BCUT2D eigenvalue weighted by Crippen LogP contribution is -2.55. The third kappa shape index (κ3) is 4.06. The van der Waals surface area contributed by atoms with E-state index in [1.54, 1.807) is 11.9 Å². The molecule has 0 amide bonds. The van der Waals surface area contributed by atoms with E-state index in [-0.39, 0.29) is 40.0 Å². The molecule has 2 fully saturated rings. The van der Waals surface area contributed by atoms with Gasteiger partial charge in [0.1, 0.15) is 24.3 Å². The Hall–Kier alpha value is -3.28. The van der Waals surface area contributed by atoms with Crippen LogP contribution in [0.15, 0.2) is 35.6 Å². The van der Waals surface area contributed by atoms with Gasteiger partial charge in [-0.1, -0.05) is 0 Å². The molecule has 0 spiro atoms. The number of anilines is 1. The highest BCUT2D eigenvalue weighted by molar-refractivity contribution is 5.86. The Kier molecular flexibility index (Phi) is 5.42. The van der Waals surface area contributed by atoms with Gasteiger partial charge >= 0.3 is 6.18 Å². The van der Waals surface area contributed by atoms with Crippen molar-refractivity contribution in [2.24, 2.45) is 0 Å². The lowest BCUT2D eigenvalue weighted by atomic mass is 9.96. The highest BCUT2D eigenvalue weighted by Crippen LogP contribution is 2.34. The van der Waals surface area contributed by atoms with Crippen molar-refractivity contribution in [3.05, 3.63) is 41.2 Å². The molecule has 0 radical (unpaired) electrons. The summed E-state index contributed by atoms with van der Waals surface area (Å²) in [7, 11) is 1.77. The second kappa shape index (κ2) is 8.19. The van der Waals surface area contributed by atoms with Crippen LogP contribution in [0.5, 0.6) is 5.75 Å². The molecule has 2 saturated heterocycles. The number of aromatic nitrogens is 4. The van der Waals surface area contributed by atoms with Crippen molar-refractivity contribution in [1.29, 1.82) is 0 Å². The molecule has 4 heterocycles. The Bertz CT molecular complexity index is 1280. The standard InChI is InChI=1S/C22H22F4N6O2/c1-31(17-4-11-2-3-14(30-11)20(17)23)19-8-27-16(7-28-19)12-5-15-13(6-18(12)33)21(34)32(10-29-15)9-22(24,25)26/h5-8,10-11,14,17,20,30,33H,2-4,9H2,1H3/t11?,14?,17-,20+/m0/s1. The third-order valence-corrected chi connectivity index (χ3v) is 6.62. The summed E-state index contributed by atoms with van der Waals surface area (Å²) in [4.78, 5) is 26.8. The van der Waals surface area contributed by atoms with Crippen LogP contribution in [0.25, 0.3) is 22.2 Å². The maximum atomic E-state index is 14.9. The van der Waals surface area contributed by atoms with E-state index in [0.717, 1.165) is 25.2 Å². The first-order valence-electron chi connectivity index (χ1n) is 10.8. The molecule has 4 atom stereocenters. The number of nitrogens with zero attached hydrogens (tertiary/aromatic N) is 5. The van der Waals surface area contributed by atoms with Gasteiger partial charge in [-0.25, -0.2) is 14.4 Å². The molecule has 8 nitrogen and oxygen atoms in total. The summed E-state index contributed by atoms with van der Waals surface area (Å²) < 4.78 is 53.4. The normalized spacial score (nSPS) is 24.5. The minimum absolute atomic E-state index is 0.115. The minimum Gasteiger partial charge on any atom is -0.507 e. The summed E-state index contributed by atoms with van der Waals surface area (Å²) in [5, 5.41) is 13.6. The van der Waals surface area contributed by atoms with E-state index in [9.17, 15) is 27.5 Å². The molecule has 2 N–H and O–H groups in total. The molecular weight excluding hydrogens is 456 g/mol. The van der Waals surface area contributed by atoms with Crippen molar-refractivity contribution in [1.82, 2.24) is 24.8 Å². The SMILES string of the molecule is CN(c1cnc(-c2cc3ncn(CC(F)(F)F)c(=O)c3cc2O)cn1)[C@H]1CC2CCC(N2)[C@H]1F. The Labute approximate surface area is 191 Å². The second-order valence-electron chi connectivity index (χ2n) is 8.84. The van der Waals surface area contributed by atoms with Gasteiger partial charge in [-0.05, 0) is 31.4 Å². The summed E-state index contributed by atoms with van der Waals surface area (Å²) >= 11 is 0. The van der Waals surface area contributed by atoms with Gasteiger partial charge in [0.2, 0.25) is 0 Å². The molecule has 34 heavy (non-hydrogen) atoms. The molecule has 2 unspecified atom stereocenters. The number of rotatable bonds is 4. The smallest absolute Gasteiger partial charge is 0.406 e. The van der Waals surface area contributed by atoms with Gasteiger partial charge in [0.15, 0.2) is 0 Å². The van der Waals surface area contributed by atoms with Crippen LogP contribution in [0.1, 0.15) is 19.3 Å². The fraction of sp³-hybridized carbons (Fsp3) is 0.455. The van der Waals surface area contributed by atoms with Gasteiger partial charge in [-0.15, -0.1) is 0 Å². The number of benzene rings is 1. The number of alkyl halides is 4. The number of piperidine rings is 1. The minimum atomic E-state index is -4.58. The van der Waals surface area contributed by atoms with Crippen LogP contribution < -0.4 is 15.8 Å². The first-order chi connectivity index (χ1) is 16.1. The monoisotopic (exact) mass is 478 g/mol. The molecule has 0 aliphatic carbocycles. The van der Waals surface area contributed by atoms with Crippen LogP contribution in [0, 0.1) is 0 Å². The Morgan fingerprint density at radius 3 is 2.71 bits per heavy atom. The molecule has 2 bridgehead atoms. The van der Waals surface area contributed by atoms with Crippen LogP contribution in [0.3, 0.4) is 0 Å². The van der Waals surface area contributed by atoms with Gasteiger partial charge in [0.25, 0.3) is 5.56 Å². The van der Waals surface area contributed by atoms with Crippen molar-refractivity contribution >= 4 is 16.7 Å². The molecule has 2 aliphatic rings. The zero-order valence-corrected chi connectivity index (χ0v) is 18.1. The summed E-state index contributed by atoms with van der Waals surface area (Å²) in [6.07, 6.45) is 0.547. The predicted molar refractivity (Wildman–Crippen MR) is 116 cm³/mol. The average molecular weight is 478 g/mol. The van der Waals surface area contributed by atoms with Crippen molar-refractivity contribution in [3.63, 3.8) is 0 Å². The van der Waals surface area contributed by atoms with E-state index in [0.29, 0.717) is 22.8 Å². The van der Waals surface area contributed by atoms with Gasteiger partial charge in [0.05, 0.1) is 41.4 Å². The summed E-state index contributed by atoms with van der Waals surface area (Å²) in [6, 6.07) is 2.27. The van der Waals surface area contributed by atoms with Gasteiger partial charge < -0.3 is 15.3 Å². The van der Waals surface area contributed by atoms with Crippen LogP contribution in [0.2, 0.25) is 0 Å². The van der Waals surface area contributed by atoms with E-state index in [4.69, 9.17) is 0 Å². The maximum absolute atomic E-state index is 14.9. The summed E-state index contributed by atoms with van der Waals surface area (Å²) in [6.45, 7) is -1.48. The second-order valence-corrected chi connectivity index (χ2v) is 8.84. The van der Waals surface area contributed by atoms with Gasteiger partial charge in [0, 0.05) is 24.7 Å². The van der Waals surface area contributed by atoms with Crippen LogP contribution in [-0.2, 0) is 6.54 Å². The first kappa shape index (κ1) is 22.5. The summed E-state index contributed by atoms with van der Waals surface area (Å²) in [5.74, 6) is 0.136. The molecule has 1 aromatic carbocycles. The summed E-state index contributed by atoms with van der Waals surface area (Å²) in [5.41, 5.74) is -0.299. The fourth-order valence-corrected chi connectivity index (χ4v) is 4.87. The van der Waals surface area contributed by atoms with Crippen LogP contribution in [-0.4, -0.2) is 62.1 Å². The zero-order valence-electron chi connectivity index (χ0n) is 18.1. The van der Waals surface area contributed by atoms with Crippen LogP contribution >= 0.6 is 0 Å². The molecule has 5 rings (SSSR count). The van der Waals surface area contributed by atoms with Gasteiger partial charge in [-0.3, -0.25) is 14.3 Å². The molecule has 0 saturated carbocycles. The number of nitrogens with one attached hydrogen (secondary N) is 1. The number of halogens is 4. The van der Waals surface area contributed by atoms with Gasteiger partial charge in [-0.2, -0.15) is 13.2 Å². The quantitative estimate of drug-likeness (QED) is 0.557. The topological polar surface area (TPSA) is 96.2 Å². The number of aromatic hydroxyl groups is 1. The number of phenolic OH excluding ortho intramolecular Hbond substituents is 1. The molecule has 3 aromatic rings. The fourth-order valence-electron chi connectivity index (χ4n) is 4.87.